The van der Waals surface area contributed by atoms with Gasteiger partial charge in [-0.2, -0.15) is 18.2 Å². The van der Waals surface area contributed by atoms with Crippen molar-refractivity contribution >= 4 is 17.5 Å². The van der Waals surface area contributed by atoms with Gasteiger partial charge in [0.1, 0.15) is 5.02 Å². The number of ether oxygens (including phenoxy) is 1. The van der Waals surface area contributed by atoms with Crippen LogP contribution in [-0.2, 0) is 0 Å². The van der Waals surface area contributed by atoms with Gasteiger partial charge in [0.2, 0.25) is 11.8 Å². The molecule has 8 heteroatoms. The normalized spacial score (nSPS) is 11.3. The molecule has 0 radical (unpaired) electrons. The van der Waals surface area contributed by atoms with Gasteiger partial charge < -0.3 is 10.1 Å². The van der Waals surface area contributed by atoms with Crippen LogP contribution in [0.1, 0.15) is 6.92 Å². The Morgan fingerprint density at radius 3 is 2.75 bits per heavy atom. The predicted octanol–water partition coefficient (Wildman–Crippen LogP) is 2.50. The molecular weight excluding hydrogens is 247 g/mol. The first-order chi connectivity index (χ1) is 7.42. The Bertz CT molecular complexity index is 359. The minimum atomic E-state index is -4.42. The zero-order chi connectivity index (χ0) is 12.2. The fraction of sp³-hybridized carbons (Fsp3) is 0.500. The quantitative estimate of drug-likeness (QED) is 0.898. The Balaban J connectivity index is 2.74. The lowest BCUT2D eigenvalue weighted by molar-refractivity contribution is -0.154. The Hall–Kier alpha value is -1.24. The van der Waals surface area contributed by atoms with Gasteiger partial charge in [0.15, 0.2) is 6.61 Å². The molecule has 0 amide bonds. The first-order valence-electron chi connectivity index (χ1n) is 4.38. The number of hydrogen-bond acceptors (Lipinski definition) is 4. The van der Waals surface area contributed by atoms with E-state index < -0.39 is 12.8 Å². The summed E-state index contributed by atoms with van der Waals surface area (Å²) in [6.07, 6.45) is -3.25. The van der Waals surface area contributed by atoms with E-state index >= 15 is 0 Å². The highest BCUT2D eigenvalue weighted by Gasteiger charge is 2.29. The molecule has 1 heterocycles. The maximum absolute atomic E-state index is 11.9. The van der Waals surface area contributed by atoms with Crippen molar-refractivity contribution in [2.24, 2.45) is 0 Å². The summed E-state index contributed by atoms with van der Waals surface area (Å²) in [5.41, 5.74) is 0. The van der Waals surface area contributed by atoms with E-state index in [1.807, 2.05) is 0 Å². The van der Waals surface area contributed by atoms with Crippen molar-refractivity contribution in [1.29, 1.82) is 0 Å². The number of alkyl halides is 3. The van der Waals surface area contributed by atoms with E-state index in [0.29, 0.717) is 6.54 Å². The number of aromatic nitrogens is 2. The molecule has 0 aliphatic rings. The summed E-state index contributed by atoms with van der Waals surface area (Å²) >= 11 is 5.58. The van der Waals surface area contributed by atoms with Gasteiger partial charge in [-0.3, -0.25) is 0 Å². The van der Waals surface area contributed by atoms with E-state index in [4.69, 9.17) is 11.6 Å². The van der Waals surface area contributed by atoms with Gasteiger partial charge in [0.25, 0.3) is 0 Å². The largest absolute Gasteiger partial charge is 0.467 e. The second kappa shape index (κ2) is 5.20. The van der Waals surface area contributed by atoms with Gasteiger partial charge >= 0.3 is 6.18 Å². The van der Waals surface area contributed by atoms with Crippen LogP contribution in [0.3, 0.4) is 0 Å². The van der Waals surface area contributed by atoms with Crippen LogP contribution in [0.25, 0.3) is 0 Å². The summed E-state index contributed by atoms with van der Waals surface area (Å²) in [7, 11) is 0. The molecule has 0 spiro atoms. The van der Waals surface area contributed by atoms with Crippen LogP contribution in [-0.4, -0.2) is 29.3 Å². The maximum atomic E-state index is 11.9. The first-order valence-corrected chi connectivity index (χ1v) is 4.76. The molecule has 0 fully saturated rings. The molecule has 1 rings (SSSR count). The van der Waals surface area contributed by atoms with Crippen molar-refractivity contribution in [3.63, 3.8) is 0 Å². The van der Waals surface area contributed by atoms with Crippen molar-refractivity contribution < 1.29 is 17.9 Å². The molecule has 0 aliphatic heterocycles. The smallest absolute Gasteiger partial charge is 0.422 e. The summed E-state index contributed by atoms with van der Waals surface area (Å²) < 4.78 is 40.1. The van der Waals surface area contributed by atoms with E-state index in [1.165, 1.54) is 6.20 Å². The van der Waals surface area contributed by atoms with E-state index in [0.717, 1.165) is 0 Å². The molecule has 1 aromatic rings. The molecule has 1 aromatic heterocycles. The standard InChI is InChI=1S/C8H9ClF3N3O/c1-2-13-7-14-3-5(9)6(15-7)16-4-8(10,11)12/h3H,2,4H2,1H3,(H,13,14,15). The Morgan fingerprint density at radius 2 is 2.19 bits per heavy atom. The minimum absolute atomic E-state index is 0.0640. The molecule has 4 nitrogen and oxygen atoms in total. The Kier molecular flexibility index (Phi) is 4.17. The lowest BCUT2D eigenvalue weighted by Gasteiger charge is -2.10. The zero-order valence-electron chi connectivity index (χ0n) is 8.31. The van der Waals surface area contributed by atoms with E-state index in [-0.39, 0.29) is 16.9 Å². The molecule has 0 saturated heterocycles. The summed E-state index contributed by atoms with van der Waals surface area (Å²) in [5, 5.41) is 2.67. The van der Waals surface area contributed by atoms with Crippen LogP contribution >= 0.6 is 11.6 Å². The third-order valence-electron chi connectivity index (χ3n) is 1.42. The van der Waals surface area contributed by atoms with Crippen LogP contribution in [0, 0.1) is 0 Å². The molecule has 90 valence electrons. The number of hydrogen-bond donors (Lipinski definition) is 1. The average molecular weight is 256 g/mol. The van der Waals surface area contributed by atoms with Crippen LogP contribution in [0.4, 0.5) is 19.1 Å². The average Bonchev–Trinajstić information content (AvgIpc) is 2.18. The summed E-state index contributed by atoms with van der Waals surface area (Å²) in [6, 6.07) is 0. The van der Waals surface area contributed by atoms with Gasteiger partial charge in [0.05, 0.1) is 6.20 Å². The lowest BCUT2D eigenvalue weighted by atomic mass is 10.6. The van der Waals surface area contributed by atoms with Crippen molar-refractivity contribution in [2.75, 3.05) is 18.5 Å². The van der Waals surface area contributed by atoms with Gasteiger partial charge in [0, 0.05) is 6.54 Å². The molecule has 0 unspecified atom stereocenters. The topological polar surface area (TPSA) is 47.0 Å². The third-order valence-corrected chi connectivity index (χ3v) is 1.68. The molecule has 0 bridgehead atoms. The van der Waals surface area contributed by atoms with Crippen molar-refractivity contribution in [3.05, 3.63) is 11.2 Å². The number of anilines is 1. The van der Waals surface area contributed by atoms with Gasteiger partial charge in [-0.1, -0.05) is 11.6 Å². The number of rotatable bonds is 4. The van der Waals surface area contributed by atoms with Crippen LogP contribution in [0.15, 0.2) is 6.20 Å². The van der Waals surface area contributed by atoms with Crippen molar-refractivity contribution in [3.8, 4) is 5.88 Å². The minimum Gasteiger partial charge on any atom is -0.467 e. The van der Waals surface area contributed by atoms with Crippen LogP contribution in [0.2, 0.25) is 5.02 Å². The molecule has 16 heavy (non-hydrogen) atoms. The van der Waals surface area contributed by atoms with Crippen molar-refractivity contribution in [2.45, 2.75) is 13.1 Å². The maximum Gasteiger partial charge on any atom is 0.422 e. The number of nitrogens with one attached hydrogen (secondary N) is 1. The molecule has 0 saturated carbocycles. The van der Waals surface area contributed by atoms with Crippen LogP contribution in [0.5, 0.6) is 5.88 Å². The fourth-order valence-corrected chi connectivity index (χ4v) is 0.992. The van der Waals surface area contributed by atoms with Crippen LogP contribution < -0.4 is 10.1 Å². The SMILES string of the molecule is CCNc1ncc(Cl)c(OCC(F)(F)F)n1. The molecular formula is C8H9ClF3N3O. The second-order valence-electron chi connectivity index (χ2n) is 2.78. The highest BCUT2D eigenvalue weighted by Crippen LogP contribution is 2.24. The first kappa shape index (κ1) is 12.8. The predicted molar refractivity (Wildman–Crippen MR) is 52.8 cm³/mol. The van der Waals surface area contributed by atoms with Gasteiger partial charge in [-0.15, -0.1) is 0 Å². The Morgan fingerprint density at radius 1 is 1.50 bits per heavy atom. The highest BCUT2D eigenvalue weighted by atomic mass is 35.5. The van der Waals surface area contributed by atoms with E-state index in [1.54, 1.807) is 6.92 Å². The monoisotopic (exact) mass is 255 g/mol. The third kappa shape index (κ3) is 4.09. The molecule has 1 N–H and O–H groups in total. The second-order valence-corrected chi connectivity index (χ2v) is 3.19. The molecule has 0 aliphatic carbocycles. The summed E-state index contributed by atoms with van der Waals surface area (Å²) in [6.45, 7) is 0.907. The Labute approximate surface area is 94.8 Å². The van der Waals surface area contributed by atoms with Gasteiger partial charge in [-0.25, -0.2) is 4.98 Å². The molecule has 0 aromatic carbocycles. The van der Waals surface area contributed by atoms with Gasteiger partial charge in [-0.05, 0) is 6.92 Å². The summed E-state index contributed by atoms with van der Waals surface area (Å²) in [4.78, 5) is 7.45. The van der Waals surface area contributed by atoms with E-state index in [2.05, 4.69) is 20.0 Å². The number of nitrogens with zero attached hydrogens (tertiary/aromatic N) is 2. The number of halogens is 4. The lowest BCUT2D eigenvalue weighted by Crippen LogP contribution is -2.20. The highest BCUT2D eigenvalue weighted by molar-refractivity contribution is 6.31. The van der Waals surface area contributed by atoms with E-state index in [9.17, 15) is 13.2 Å². The fourth-order valence-electron chi connectivity index (χ4n) is 0.846. The van der Waals surface area contributed by atoms with Crippen molar-refractivity contribution in [1.82, 2.24) is 9.97 Å². The zero-order valence-corrected chi connectivity index (χ0v) is 9.06. The molecule has 0 atom stereocenters. The summed E-state index contributed by atoms with van der Waals surface area (Å²) in [5.74, 6) is -0.117.